The first-order valence-electron chi connectivity index (χ1n) is 5.49. The van der Waals surface area contributed by atoms with Crippen LogP contribution < -0.4 is 11.1 Å². The molecule has 0 fully saturated rings. The molecule has 2 nitrogen and oxygen atoms in total. The first kappa shape index (κ1) is 14.0. The third kappa shape index (κ3) is 3.74. The molecule has 1 rings (SSSR count). The van der Waals surface area contributed by atoms with Gasteiger partial charge in [-0.1, -0.05) is 40.5 Å². The van der Waals surface area contributed by atoms with Crippen molar-refractivity contribution in [1.29, 1.82) is 0 Å². The third-order valence-electron chi connectivity index (χ3n) is 2.67. The summed E-state index contributed by atoms with van der Waals surface area (Å²) in [7, 11) is 0. The molecular weight excluding hydrogens is 288 g/mol. The van der Waals surface area contributed by atoms with Crippen molar-refractivity contribution in [1.82, 2.24) is 5.32 Å². The molecule has 0 bridgehead atoms. The third-order valence-corrected chi connectivity index (χ3v) is 3.49. The second kappa shape index (κ2) is 6.60. The molecule has 0 radical (unpaired) electrons. The van der Waals surface area contributed by atoms with Gasteiger partial charge in [0.25, 0.3) is 0 Å². The Morgan fingerprint density at radius 1 is 1.50 bits per heavy atom. The van der Waals surface area contributed by atoms with Gasteiger partial charge >= 0.3 is 0 Å². The number of rotatable bonds is 5. The molecule has 0 aliphatic carbocycles. The molecule has 90 valence electrons. The van der Waals surface area contributed by atoms with Crippen molar-refractivity contribution in [3.63, 3.8) is 0 Å². The summed E-state index contributed by atoms with van der Waals surface area (Å²) in [5.41, 5.74) is 6.84. The number of nitrogens with two attached hydrogens (primary N) is 1. The molecule has 0 heterocycles. The van der Waals surface area contributed by atoms with E-state index >= 15 is 0 Å². The Balaban J connectivity index is 2.86. The van der Waals surface area contributed by atoms with E-state index < -0.39 is 0 Å². The predicted molar refractivity (Wildman–Crippen MR) is 73.8 cm³/mol. The highest BCUT2D eigenvalue weighted by Crippen LogP contribution is 2.26. The standard InChI is InChI=1S/C12H18BrClN2/c1-3-8(2)16-12(7-15)10-5-4-9(13)6-11(10)14/h4-6,8,12,16H,3,7,15H2,1-2H3. The molecule has 1 aromatic rings. The fourth-order valence-corrected chi connectivity index (χ4v) is 2.34. The van der Waals surface area contributed by atoms with E-state index in [0.717, 1.165) is 21.5 Å². The lowest BCUT2D eigenvalue weighted by Gasteiger charge is -2.22. The van der Waals surface area contributed by atoms with Crippen LogP contribution in [-0.2, 0) is 0 Å². The number of nitrogens with one attached hydrogen (secondary N) is 1. The lowest BCUT2D eigenvalue weighted by molar-refractivity contribution is 0.452. The van der Waals surface area contributed by atoms with Gasteiger partial charge in [0.1, 0.15) is 0 Å². The number of halogens is 2. The number of hydrogen-bond acceptors (Lipinski definition) is 2. The van der Waals surface area contributed by atoms with Crippen LogP contribution in [-0.4, -0.2) is 12.6 Å². The van der Waals surface area contributed by atoms with E-state index in [1.165, 1.54) is 0 Å². The SMILES string of the molecule is CCC(C)NC(CN)c1ccc(Br)cc1Cl. The summed E-state index contributed by atoms with van der Waals surface area (Å²) in [6, 6.07) is 6.46. The summed E-state index contributed by atoms with van der Waals surface area (Å²) in [5.74, 6) is 0. The van der Waals surface area contributed by atoms with Gasteiger partial charge in [0.15, 0.2) is 0 Å². The Morgan fingerprint density at radius 3 is 2.69 bits per heavy atom. The lowest BCUT2D eigenvalue weighted by atomic mass is 10.1. The quantitative estimate of drug-likeness (QED) is 0.874. The Hall–Kier alpha value is -0.0900. The molecular formula is C12H18BrClN2. The normalized spacial score (nSPS) is 14.8. The molecule has 0 aliphatic heterocycles. The van der Waals surface area contributed by atoms with Crippen molar-refractivity contribution in [2.45, 2.75) is 32.4 Å². The van der Waals surface area contributed by atoms with Crippen LogP contribution in [0.25, 0.3) is 0 Å². The molecule has 1 aromatic carbocycles. The summed E-state index contributed by atoms with van der Waals surface area (Å²) < 4.78 is 0.987. The van der Waals surface area contributed by atoms with Crippen molar-refractivity contribution in [2.75, 3.05) is 6.54 Å². The maximum absolute atomic E-state index is 6.20. The van der Waals surface area contributed by atoms with Crippen molar-refractivity contribution < 1.29 is 0 Å². The molecule has 0 aromatic heterocycles. The van der Waals surface area contributed by atoms with Crippen LogP contribution in [0, 0.1) is 0 Å². The Kier molecular flexibility index (Phi) is 5.76. The molecule has 2 unspecified atom stereocenters. The maximum Gasteiger partial charge on any atom is 0.0465 e. The summed E-state index contributed by atoms with van der Waals surface area (Å²) in [5, 5.41) is 4.22. The van der Waals surface area contributed by atoms with Crippen molar-refractivity contribution >= 4 is 27.5 Å². The largest absolute Gasteiger partial charge is 0.329 e. The Bertz CT molecular complexity index is 344. The number of benzene rings is 1. The molecule has 0 saturated heterocycles. The zero-order valence-electron chi connectivity index (χ0n) is 9.63. The minimum Gasteiger partial charge on any atom is -0.329 e. The molecule has 0 aliphatic rings. The zero-order valence-corrected chi connectivity index (χ0v) is 12.0. The Morgan fingerprint density at radius 2 is 2.19 bits per heavy atom. The van der Waals surface area contributed by atoms with Crippen molar-refractivity contribution in [3.05, 3.63) is 33.3 Å². The molecule has 3 N–H and O–H groups in total. The minimum atomic E-state index is 0.121. The molecule has 0 saturated carbocycles. The number of hydrogen-bond donors (Lipinski definition) is 2. The van der Waals surface area contributed by atoms with Crippen LogP contribution in [0.4, 0.5) is 0 Å². The van der Waals surface area contributed by atoms with Gasteiger partial charge in [-0.2, -0.15) is 0 Å². The summed E-state index contributed by atoms with van der Waals surface area (Å²) in [4.78, 5) is 0. The lowest BCUT2D eigenvalue weighted by Crippen LogP contribution is -2.34. The second-order valence-electron chi connectivity index (χ2n) is 3.93. The first-order valence-corrected chi connectivity index (χ1v) is 6.66. The highest BCUT2D eigenvalue weighted by molar-refractivity contribution is 9.10. The van der Waals surface area contributed by atoms with Crippen molar-refractivity contribution in [2.24, 2.45) is 5.73 Å². The van der Waals surface area contributed by atoms with E-state index in [1.54, 1.807) is 0 Å². The zero-order chi connectivity index (χ0) is 12.1. The van der Waals surface area contributed by atoms with Crippen LogP contribution in [0.2, 0.25) is 5.02 Å². The Labute approximate surface area is 111 Å². The van der Waals surface area contributed by atoms with Crippen LogP contribution in [0.1, 0.15) is 31.9 Å². The molecule has 2 atom stereocenters. The van der Waals surface area contributed by atoms with Crippen LogP contribution >= 0.6 is 27.5 Å². The van der Waals surface area contributed by atoms with E-state index in [1.807, 2.05) is 18.2 Å². The predicted octanol–water partition coefficient (Wildman–Crippen LogP) is 3.49. The van der Waals surface area contributed by atoms with E-state index in [-0.39, 0.29) is 6.04 Å². The van der Waals surface area contributed by atoms with Crippen LogP contribution in [0.5, 0.6) is 0 Å². The molecule has 0 amide bonds. The van der Waals surface area contributed by atoms with E-state index in [9.17, 15) is 0 Å². The van der Waals surface area contributed by atoms with Gasteiger partial charge in [-0.05, 0) is 31.0 Å². The average Bonchev–Trinajstić information content (AvgIpc) is 2.26. The van der Waals surface area contributed by atoms with E-state index in [4.69, 9.17) is 17.3 Å². The van der Waals surface area contributed by atoms with E-state index in [0.29, 0.717) is 12.6 Å². The summed E-state index contributed by atoms with van der Waals surface area (Å²) in [6.45, 7) is 4.84. The van der Waals surface area contributed by atoms with Crippen LogP contribution in [0.15, 0.2) is 22.7 Å². The molecule has 0 spiro atoms. The topological polar surface area (TPSA) is 38.0 Å². The van der Waals surface area contributed by atoms with Crippen LogP contribution in [0.3, 0.4) is 0 Å². The minimum absolute atomic E-state index is 0.121. The average molecular weight is 306 g/mol. The highest BCUT2D eigenvalue weighted by Gasteiger charge is 2.14. The van der Waals surface area contributed by atoms with Gasteiger partial charge in [-0.15, -0.1) is 0 Å². The first-order chi connectivity index (χ1) is 7.58. The van der Waals surface area contributed by atoms with Gasteiger partial charge in [0.05, 0.1) is 0 Å². The smallest absolute Gasteiger partial charge is 0.0465 e. The van der Waals surface area contributed by atoms with Gasteiger partial charge in [0.2, 0.25) is 0 Å². The van der Waals surface area contributed by atoms with Gasteiger partial charge in [-0.25, -0.2) is 0 Å². The van der Waals surface area contributed by atoms with Gasteiger partial charge < -0.3 is 11.1 Å². The summed E-state index contributed by atoms with van der Waals surface area (Å²) >= 11 is 9.60. The fourth-order valence-electron chi connectivity index (χ4n) is 1.53. The maximum atomic E-state index is 6.20. The molecule has 4 heteroatoms. The van der Waals surface area contributed by atoms with Gasteiger partial charge in [0, 0.05) is 28.1 Å². The molecule has 16 heavy (non-hydrogen) atoms. The fraction of sp³-hybridized carbons (Fsp3) is 0.500. The summed E-state index contributed by atoms with van der Waals surface area (Å²) in [6.07, 6.45) is 1.07. The van der Waals surface area contributed by atoms with E-state index in [2.05, 4.69) is 35.1 Å². The second-order valence-corrected chi connectivity index (χ2v) is 5.25. The van der Waals surface area contributed by atoms with Gasteiger partial charge in [-0.3, -0.25) is 0 Å². The monoisotopic (exact) mass is 304 g/mol. The highest BCUT2D eigenvalue weighted by atomic mass is 79.9. The van der Waals surface area contributed by atoms with Crippen molar-refractivity contribution in [3.8, 4) is 0 Å².